The molecule has 0 aliphatic carbocycles. The van der Waals surface area contributed by atoms with Crippen molar-refractivity contribution in [3.63, 3.8) is 0 Å². The first-order valence-electron chi connectivity index (χ1n) is 38.2. The maximum absolute atomic E-state index is 13.7. The number of aromatic amines is 1. The second kappa shape index (κ2) is 38.3. The molecule has 0 amide bonds. The second-order valence-corrected chi connectivity index (χ2v) is 27.4. The van der Waals surface area contributed by atoms with Crippen molar-refractivity contribution in [3.8, 4) is 44.5 Å². The SMILES string of the molecule is O=C(OCCCCCC[n+]1ccccc1)c1ccc(-c2c3nc(c(-c4ccc(C(=O)OCCCCCC[n+]5ccccc5)cc4)c4ccc([n-]4)c(-c4ccc(C(=O)OCCCCCC[n+]5ccccc5)cc4)c4ccc([nH]4)c(-c4ccc(C(=O)OCCCCCC[n+]5ccccc5)cc4)c4nc2C=C4)C=C3)cc1. The fourth-order valence-electron chi connectivity index (χ4n) is 13.8. The summed E-state index contributed by atoms with van der Waals surface area (Å²) in [5.74, 6) is -1.57. The third-order valence-corrected chi connectivity index (χ3v) is 19.6. The number of esters is 4. The number of carbonyl (C=O) groups is 4. The van der Waals surface area contributed by atoms with Gasteiger partial charge >= 0.3 is 23.9 Å². The Bertz CT molecular complexity index is 4840. The minimum atomic E-state index is -0.395. The lowest BCUT2D eigenvalue weighted by Gasteiger charge is -2.13. The van der Waals surface area contributed by atoms with Gasteiger partial charge in [0.2, 0.25) is 0 Å². The molecule has 546 valence electrons. The van der Waals surface area contributed by atoms with Crippen LogP contribution in [0.25, 0.3) is 90.9 Å². The first-order chi connectivity index (χ1) is 53.2. The van der Waals surface area contributed by atoms with Gasteiger partial charge in [-0.3, -0.25) is 0 Å². The molecule has 0 saturated heterocycles. The average Bonchev–Trinajstić information content (AvgIpc) is 1.61. The number of hydrogen-bond acceptors (Lipinski definition) is 10. The van der Waals surface area contributed by atoms with Gasteiger partial charge in [-0.05, 0) is 195 Å². The van der Waals surface area contributed by atoms with E-state index in [1.807, 2.05) is 170 Å². The fourth-order valence-corrected chi connectivity index (χ4v) is 13.8. The molecule has 0 unspecified atom stereocenters. The molecule has 16 heteroatoms. The number of pyridine rings is 4. The third kappa shape index (κ3) is 20.3. The van der Waals surface area contributed by atoms with Crippen LogP contribution in [-0.4, -0.2) is 65.3 Å². The lowest BCUT2D eigenvalue weighted by atomic mass is 10.0. The predicted octanol–water partition coefficient (Wildman–Crippen LogP) is 17.8. The Hall–Kier alpha value is -12.0. The zero-order chi connectivity index (χ0) is 73.9. The van der Waals surface area contributed by atoms with Crippen LogP contribution >= 0.6 is 0 Å². The molecule has 16 nitrogen and oxygen atoms in total. The molecule has 1 N–H and O–H groups in total. The zero-order valence-electron chi connectivity index (χ0n) is 61.3. The molecule has 108 heavy (non-hydrogen) atoms. The summed E-state index contributed by atoms with van der Waals surface area (Å²) >= 11 is 0. The van der Waals surface area contributed by atoms with E-state index in [0.29, 0.717) is 93.6 Å². The van der Waals surface area contributed by atoms with Crippen LogP contribution < -0.4 is 23.3 Å². The summed E-state index contributed by atoms with van der Waals surface area (Å²) in [6.45, 7) is 5.07. The number of ether oxygens (including phenoxy) is 4. The summed E-state index contributed by atoms with van der Waals surface area (Å²) in [6, 6.07) is 62.2. The summed E-state index contributed by atoms with van der Waals surface area (Å²) in [4.78, 5) is 75.0. The van der Waals surface area contributed by atoms with Gasteiger partial charge in [-0.1, -0.05) is 84.9 Å². The van der Waals surface area contributed by atoms with E-state index in [4.69, 9.17) is 33.9 Å². The van der Waals surface area contributed by atoms with Gasteiger partial charge in [0.1, 0.15) is 26.2 Å². The van der Waals surface area contributed by atoms with Crippen molar-refractivity contribution in [2.24, 2.45) is 0 Å². The molecule has 8 bridgehead atoms. The number of fused-ring (bicyclic) bond motifs is 8. The summed E-state index contributed by atoms with van der Waals surface area (Å²) in [5, 5.41) is 0. The molecule has 11 aromatic rings. The molecule has 9 heterocycles. The van der Waals surface area contributed by atoms with Crippen LogP contribution in [0, 0.1) is 0 Å². The van der Waals surface area contributed by atoms with Crippen molar-refractivity contribution in [1.82, 2.24) is 19.9 Å². The van der Waals surface area contributed by atoms with Crippen LogP contribution in [0.2, 0.25) is 0 Å². The Balaban J connectivity index is 0.834. The van der Waals surface area contributed by atoms with Gasteiger partial charge in [-0.15, -0.1) is 11.0 Å². The van der Waals surface area contributed by atoms with Crippen LogP contribution in [-0.2, 0) is 45.1 Å². The summed E-state index contributed by atoms with van der Waals surface area (Å²) in [7, 11) is 0. The number of unbranched alkanes of at least 4 members (excludes halogenated alkanes) is 12. The Labute approximate surface area is 631 Å². The van der Waals surface area contributed by atoms with E-state index in [9.17, 15) is 19.2 Å². The molecular weight excluding hydrogens is 1350 g/mol. The number of hydrogen-bond donors (Lipinski definition) is 1. The van der Waals surface area contributed by atoms with Gasteiger partial charge in [-0.2, -0.15) is 0 Å². The van der Waals surface area contributed by atoms with Crippen molar-refractivity contribution < 1.29 is 56.4 Å². The highest BCUT2D eigenvalue weighted by atomic mass is 16.5. The number of aromatic nitrogens is 8. The lowest BCUT2D eigenvalue weighted by Crippen LogP contribution is -2.32. The molecule has 13 rings (SSSR count). The first kappa shape index (κ1) is 74.2. The van der Waals surface area contributed by atoms with Crippen molar-refractivity contribution in [2.45, 2.75) is 129 Å². The van der Waals surface area contributed by atoms with Gasteiger partial charge in [0.05, 0.1) is 71.5 Å². The van der Waals surface area contributed by atoms with Gasteiger partial charge < -0.3 is 28.9 Å². The van der Waals surface area contributed by atoms with Crippen molar-refractivity contribution in [2.75, 3.05) is 26.4 Å². The summed E-state index contributed by atoms with van der Waals surface area (Å²) < 4.78 is 32.1. The van der Waals surface area contributed by atoms with E-state index in [2.05, 4.69) is 72.8 Å². The number of H-pyrrole nitrogens is 1. The van der Waals surface area contributed by atoms with Crippen LogP contribution in [0.5, 0.6) is 0 Å². The number of nitrogens with zero attached hydrogens (tertiary/aromatic N) is 7. The van der Waals surface area contributed by atoms with E-state index in [0.717, 1.165) is 173 Å². The monoisotopic (exact) mass is 1440 g/mol. The molecule has 2 aliphatic rings. The molecule has 4 aromatic carbocycles. The quantitative estimate of drug-likeness (QED) is 0.0171. The third-order valence-electron chi connectivity index (χ3n) is 19.6. The number of benzene rings is 4. The summed E-state index contributed by atoms with van der Waals surface area (Å²) in [6.07, 6.45) is 39.7. The van der Waals surface area contributed by atoms with E-state index in [1.54, 1.807) is 48.5 Å². The minimum Gasteiger partial charge on any atom is -0.657 e. The van der Waals surface area contributed by atoms with Crippen LogP contribution in [0.3, 0.4) is 0 Å². The molecular formula is C92H93N8O8+3. The Kier molecular flexibility index (Phi) is 26.3. The second-order valence-electron chi connectivity index (χ2n) is 27.4. The van der Waals surface area contributed by atoms with Gasteiger partial charge in [0.25, 0.3) is 0 Å². The Morgan fingerprint density at radius 1 is 0.278 bits per heavy atom. The normalized spacial score (nSPS) is 11.6. The molecule has 0 fully saturated rings. The molecule has 0 atom stereocenters. The van der Waals surface area contributed by atoms with Crippen LogP contribution in [0.15, 0.2) is 244 Å². The smallest absolute Gasteiger partial charge is 0.338 e. The van der Waals surface area contributed by atoms with E-state index < -0.39 is 23.9 Å². The van der Waals surface area contributed by atoms with Crippen LogP contribution in [0.4, 0.5) is 0 Å². The van der Waals surface area contributed by atoms with Crippen molar-refractivity contribution >= 4 is 70.2 Å². The number of carbonyl (C=O) groups excluding carboxylic acids is 4. The lowest BCUT2D eigenvalue weighted by molar-refractivity contribution is -0.697. The predicted molar refractivity (Wildman–Crippen MR) is 421 cm³/mol. The van der Waals surface area contributed by atoms with Gasteiger partial charge in [0.15, 0.2) is 49.6 Å². The highest BCUT2D eigenvalue weighted by Gasteiger charge is 2.22. The zero-order valence-corrected chi connectivity index (χ0v) is 61.3. The number of rotatable bonds is 36. The van der Waals surface area contributed by atoms with Gasteiger partial charge in [-0.25, -0.2) is 47.4 Å². The Morgan fingerprint density at radius 2 is 0.537 bits per heavy atom. The molecule has 0 saturated carbocycles. The molecule has 2 aliphatic heterocycles. The Morgan fingerprint density at radius 3 is 0.870 bits per heavy atom. The highest BCUT2D eigenvalue weighted by molar-refractivity contribution is 6.02. The number of aryl methyl sites for hydroxylation is 4. The largest absolute Gasteiger partial charge is 0.657 e. The number of nitrogens with one attached hydrogen (secondary N) is 1. The molecule has 7 aromatic heterocycles. The van der Waals surface area contributed by atoms with E-state index in [1.165, 1.54) is 0 Å². The first-order valence-corrected chi connectivity index (χ1v) is 38.2. The maximum atomic E-state index is 13.7. The molecule has 0 spiro atoms. The fraction of sp³-hybridized carbons (Fsp3) is 0.261. The maximum Gasteiger partial charge on any atom is 0.338 e. The minimum absolute atomic E-state index is 0.322. The van der Waals surface area contributed by atoms with Gasteiger partial charge in [0, 0.05) is 96.4 Å². The highest BCUT2D eigenvalue weighted by Crippen LogP contribution is 2.39. The summed E-state index contributed by atoms with van der Waals surface area (Å²) in [5.41, 5.74) is 13.0. The average molecular weight is 1440 g/mol. The van der Waals surface area contributed by atoms with E-state index >= 15 is 0 Å². The van der Waals surface area contributed by atoms with Crippen molar-refractivity contribution in [1.29, 1.82) is 0 Å². The topological polar surface area (TPSA) is 176 Å². The van der Waals surface area contributed by atoms with E-state index in [-0.39, 0.29) is 0 Å². The van der Waals surface area contributed by atoms with Crippen LogP contribution in [0.1, 0.15) is 167 Å². The molecule has 0 radical (unpaired) electrons. The standard InChI is InChI=1S/C92H92N8O8/c101-89(105-65-25-5-1-13-53-97-57-17-9-18-58-97)73-37-29-69(30-38-73)85-77-45-47-79(93-77)86(70-31-39-74(40-32-70)90(102)106-66-26-6-2-14-54-98-59-19-10-20-60-98)81-49-51-83(95-81)88(72-35-43-76(44-36-72)92(104)108-68-28-8-4-16-56-100-63-23-12-24-64-100)84-52-50-82(96-84)87(80-48-46-78(85)94-80)71-33-41-75(42-34-71)91(103)107-67-27-7-3-15-55-99-61-21-11-22-62-99/h9-12,17-24,29-52,57-64H,1-8,13-16,25-28,53-56,65-68H2/q+2/p+1. The van der Waals surface area contributed by atoms with Crippen molar-refractivity contribution in [3.05, 3.63) is 289 Å².